The average molecular weight is 368 g/mol. The van der Waals surface area contributed by atoms with Crippen molar-refractivity contribution in [3.05, 3.63) is 96.3 Å². The SMILES string of the molecule is Cc1ccc(CC(=O)Nc2ccc(-c3nc(-c4ccccc4)co3)cc2)cc1. The van der Waals surface area contributed by atoms with Crippen LogP contribution >= 0.6 is 0 Å². The molecule has 1 N–H and O–H groups in total. The molecule has 0 spiro atoms. The minimum Gasteiger partial charge on any atom is -0.444 e. The molecular formula is C24H20N2O2. The number of hydrogen-bond donors (Lipinski definition) is 1. The van der Waals surface area contributed by atoms with Crippen molar-refractivity contribution in [2.45, 2.75) is 13.3 Å². The lowest BCUT2D eigenvalue weighted by Gasteiger charge is -2.06. The lowest BCUT2D eigenvalue weighted by Crippen LogP contribution is -2.14. The fourth-order valence-corrected chi connectivity index (χ4v) is 2.94. The van der Waals surface area contributed by atoms with E-state index in [0.717, 1.165) is 28.1 Å². The van der Waals surface area contributed by atoms with Crippen LogP contribution in [0, 0.1) is 6.92 Å². The van der Waals surface area contributed by atoms with Gasteiger partial charge in [-0.15, -0.1) is 0 Å². The molecule has 4 aromatic rings. The summed E-state index contributed by atoms with van der Waals surface area (Å²) in [7, 11) is 0. The Labute approximate surface area is 163 Å². The smallest absolute Gasteiger partial charge is 0.228 e. The maximum absolute atomic E-state index is 12.2. The maximum atomic E-state index is 12.2. The Balaban J connectivity index is 1.42. The molecule has 0 aliphatic carbocycles. The predicted octanol–water partition coefficient (Wildman–Crippen LogP) is 5.50. The second-order valence-corrected chi connectivity index (χ2v) is 6.69. The van der Waals surface area contributed by atoms with Crippen LogP contribution in [0.15, 0.2) is 89.5 Å². The van der Waals surface area contributed by atoms with Crippen LogP contribution in [0.1, 0.15) is 11.1 Å². The molecule has 0 aliphatic rings. The Morgan fingerprint density at radius 2 is 1.61 bits per heavy atom. The van der Waals surface area contributed by atoms with Crippen LogP contribution in [0.5, 0.6) is 0 Å². The van der Waals surface area contributed by atoms with Gasteiger partial charge >= 0.3 is 0 Å². The first-order chi connectivity index (χ1) is 13.7. The number of aromatic nitrogens is 1. The van der Waals surface area contributed by atoms with Gasteiger partial charge in [-0.3, -0.25) is 4.79 Å². The monoisotopic (exact) mass is 368 g/mol. The minimum absolute atomic E-state index is 0.0425. The van der Waals surface area contributed by atoms with Crippen molar-refractivity contribution >= 4 is 11.6 Å². The summed E-state index contributed by atoms with van der Waals surface area (Å²) in [5.74, 6) is 0.510. The molecule has 4 heteroatoms. The molecule has 0 radical (unpaired) electrons. The first-order valence-corrected chi connectivity index (χ1v) is 9.14. The molecule has 1 aromatic heterocycles. The van der Waals surface area contributed by atoms with Crippen molar-refractivity contribution < 1.29 is 9.21 Å². The standard InChI is InChI=1S/C24H20N2O2/c1-17-7-9-18(10-8-17)15-23(27)25-21-13-11-20(12-14-21)24-26-22(16-28-24)19-5-3-2-4-6-19/h2-14,16H,15H2,1H3,(H,25,27). The fourth-order valence-electron chi connectivity index (χ4n) is 2.94. The summed E-state index contributed by atoms with van der Waals surface area (Å²) in [4.78, 5) is 16.8. The van der Waals surface area contributed by atoms with Gasteiger partial charge in [0.15, 0.2) is 0 Å². The zero-order chi connectivity index (χ0) is 19.3. The molecule has 0 saturated carbocycles. The van der Waals surface area contributed by atoms with Crippen LogP contribution in [-0.2, 0) is 11.2 Å². The number of rotatable bonds is 5. The average Bonchev–Trinajstić information content (AvgIpc) is 3.21. The fraction of sp³-hybridized carbons (Fsp3) is 0.0833. The molecule has 4 rings (SSSR count). The lowest BCUT2D eigenvalue weighted by atomic mass is 10.1. The number of nitrogens with one attached hydrogen (secondary N) is 1. The molecule has 4 nitrogen and oxygen atoms in total. The number of nitrogens with zero attached hydrogens (tertiary/aromatic N) is 1. The summed E-state index contributed by atoms with van der Waals surface area (Å²) in [5, 5.41) is 2.92. The van der Waals surface area contributed by atoms with E-state index in [2.05, 4.69) is 10.3 Å². The maximum Gasteiger partial charge on any atom is 0.228 e. The van der Waals surface area contributed by atoms with E-state index in [1.54, 1.807) is 6.26 Å². The lowest BCUT2D eigenvalue weighted by molar-refractivity contribution is -0.115. The number of hydrogen-bond acceptors (Lipinski definition) is 3. The number of oxazole rings is 1. The third-order valence-electron chi connectivity index (χ3n) is 4.47. The second kappa shape index (κ2) is 7.92. The number of aryl methyl sites for hydroxylation is 1. The molecule has 0 saturated heterocycles. The summed E-state index contributed by atoms with van der Waals surface area (Å²) < 4.78 is 5.62. The molecule has 0 aliphatic heterocycles. The summed E-state index contributed by atoms with van der Waals surface area (Å²) in [6.07, 6.45) is 2.00. The number of amides is 1. The quantitative estimate of drug-likeness (QED) is 0.506. The van der Waals surface area contributed by atoms with Gasteiger partial charge in [0.2, 0.25) is 11.8 Å². The molecule has 3 aromatic carbocycles. The molecule has 1 heterocycles. The van der Waals surface area contributed by atoms with E-state index in [9.17, 15) is 4.79 Å². The molecule has 138 valence electrons. The molecule has 0 bridgehead atoms. The van der Waals surface area contributed by atoms with Crippen LogP contribution in [0.2, 0.25) is 0 Å². The Morgan fingerprint density at radius 3 is 2.32 bits per heavy atom. The zero-order valence-electron chi connectivity index (χ0n) is 15.6. The summed E-state index contributed by atoms with van der Waals surface area (Å²) in [5.41, 5.74) is 5.59. The van der Waals surface area contributed by atoms with Crippen molar-refractivity contribution in [3.8, 4) is 22.7 Å². The van der Waals surface area contributed by atoms with Crippen LogP contribution in [0.4, 0.5) is 5.69 Å². The van der Waals surface area contributed by atoms with E-state index in [1.807, 2.05) is 85.8 Å². The van der Waals surface area contributed by atoms with E-state index in [-0.39, 0.29) is 5.91 Å². The minimum atomic E-state index is -0.0425. The van der Waals surface area contributed by atoms with E-state index in [1.165, 1.54) is 5.56 Å². The Kier molecular flexibility index (Phi) is 5.02. The van der Waals surface area contributed by atoms with Gasteiger partial charge in [0.25, 0.3) is 0 Å². The van der Waals surface area contributed by atoms with Gasteiger partial charge in [0.05, 0.1) is 6.42 Å². The van der Waals surface area contributed by atoms with Crippen LogP contribution < -0.4 is 5.32 Å². The van der Waals surface area contributed by atoms with Crippen LogP contribution in [0.25, 0.3) is 22.7 Å². The number of carbonyl (C=O) groups is 1. The molecule has 0 atom stereocenters. The van der Waals surface area contributed by atoms with Crippen molar-refractivity contribution in [1.29, 1.82) is 0 Å². The van der Waals surface area contributed by atoms with Crippen LogP contribution in [0.3, 0.4) is 0 Å². The topological polar surface area (TPSA) is 55.1 Å². The molecule has 1 amide bonds. The van der Waals surface area contributed by atoms with Gasteiger partial charge in [0, 0.05) is 16.8 Å². The molecule has 0 fully saturated rings. The largest absolute Gasteiger partial charge is 0.444 e. The van der Waals surface area contributed by atoms with Gasteiger partial charge < -0.3 is 9.73 Å². The molecule has 28 heavy (non-hydrogen) atoms. The first kappa shape index (κ1) is 17.7. The Hall–Kier alpha value is -3.66. The number of anilines is 1. The van der Waals surface area contributed by atoms with Crippen molar-refractivity contribution in [3.63, 3.8) is 0 Å². The highest BCUT2D eigenvalue weighted by Gasteiger charge is 2.09. The van der Waals surface area contributed by atoms with E-state index in [0.29, 0.717) is 12.3 Å². The van der Waals surface area contributed by atoms with Gasteiger partial charge in [-0.05, 0) is 36.8 Å². The van der Waals surface area contributed by atoms with Crippen LogP contribution in [-0.4, -0.2) is 10.9 Å². The van der Waals surface area contributed by atoms with Gasteiger partial charge in [0.1, 0.15) is 12.0 Å². The summed E-state index contributed by atoms with van der Waals surface area (Å²) in [6, 6.07) is 25.4. The van der Waals surface area contributed by atoms with Gasteiger partial charge in [-0.25, -0.2) is 4.98 Å². The third kappa shape index (κ3) is 4.18. The van der Waals surface area contributed by atoms with Crippen molar-refractivity contribution in [1.82, 2.24) is 4.98 Å². The van der Waals surface area contributed by atoms with E-state index in [4.69, 9.17) is 4.42 Å². The number of benzene rings is 3. The zero-order valence-corrected chi connectivity index (χ0v) is 15.6. The molecule has 0 unspecified atom stereocenters. The number of carbonyl (C=O) groups excluding carboxylic acids is 1. The summed E-state index contributed by atoms with van der Waals surface area (Å²) >= 11 is 0. The first-order valence-electron chi connectivity index (χ1n) is 9.14. The Morgan fingerprint density at radius 1 is 0.893 bits per heavy atom. The van der Waals surface area contributed by atoms with Gasteiger partial charge in [-0.1, -0.05) is 60.2 Å². The summed E-state index contributed by atoms with van der Waals surface area (Å²) in [6.45, 7) is 2.03. The highest BCUT2D eigenvalue weighted by molar-refractivity contribution is 5.92. The third-order valence-corrected chi connectivity index (χ3v) is 4.47. The van der Waals surface area contributed by atoms with Crippen molar-refractivity contribution in [2.24, 2.45) is 0 Å². The Bertz CT molecular complexity index is 1070. The molecular weight excluding hydrogens is 348 g/mol. The highest BCUT2D eigenvalue weighted by atomic mass is 16.3. The van der Waals surface area contributed by atoms with Crippen molar-refractivity contribution in [2.75, 3.05) is 5.32 Å². The van der Waals surface area contributed by atoms with E-state index < -0.39 is 0 Å². The van der Waals surface area contributed by atoms with E-state index >= 15 is 0 Å². The predicted molar refractivity (Wildman–Crippen MR) is 111 cm³/mol. The van der Waals surface area contributed by atoms with Gasteiger partial charge in [-0.2, -0.15) is 0 Å². The normalized spacial score (nSPS) is 10.6. The second-order valence-electron chi connectivity index (χ2n) is 6.69. The highest BCUT2D eigenvalue weighted by Crippen LogP contribution is 2.25.